The fourth-order valence-electron chi connectivity index (χ4n) is 1.81. The first-order valence-electron chi connectivity index (χ1n) is 7.35. The van der Waals surface area contributed by atoms with Crippen molar-refractivity contribution in [2.45, 2.75) is 20.0 Å². The van der Waals surface area contributed by atoms with Crippen LogP contribution in [0.4, 0.5) is 11.5 Å². The Labute approximate surface area is 135 Å². The van der Waals surface area contributed by atoms with Crippen molar-refractivity contribution in [3.8, 4) is 5.75 Å². The molecular weight excluding hydrogens is 292 g/mol. The van der Waals surface area contributed by atoms with E-state index in [9.17, 15) is 4.79 Å². The topological polar surface area (TPSA) is 76.1 Å². The van der Waals surface area contributed by atoms with E-state index in [1.165, 1.54) is 0 Å². The number of ether oxygens (including phenoxy) is 1. The molecule has 2 rings (SSSR count). The van der Waals surface area contributed by atoms with Gasteiger partial charge in [-0.2, -0.15) is 0 Å². The summed E-state index contributed by atoms with van der Waals surface area (Å²) < 4.78 is 5.59. The number of nitrogens with zero attached hydrogens (tertiary/aromatic N) is 2. The van der Waals surface area contributed by atoms with Crippen LogP contribution in [0.5, 0.6) is 5.75 Å². The van der Waals surface area contributed by atoms with Gasteiger partial charge in [-0.3, -0.25) is 4.79 Å². The standard InChI is InChI=1S/C17H20N4O2/c1-4-11-18-17(22)15-9-10-16(21-20-15)19-13-5-7-14(8-6-13)23-12(2)3/h4-10,12H,1,11H2,2-3H3,(H,18,22)(H,19,21). The van der Waals surface area contributed by atoms with Gasteiger partial charge in [0.25, 0.3) is 5.91 Å². The van der Waals surface area contributed by atoms with Gasteiger partial charge in [-0.15, -0.1) is 16.8 Å². The van der Waals surface area contributed by atoms with E-state index in [0.717, 1.165) is 11.4 Å². The van der Waals surface area contributed by atoms with Crippen molar-refractivity contribution in [1.29, 1.82) is 0 Å². The molecule has 23 heavy (non-hydrogen) atoms. The summed E-state index contributed by atoms with van der Waals surface area (Å²) in [6, 6.07) is 10.9. The average molecular weight is 312 g/mol. The molecule has 0 saturated carbocycles. The molecule has 0 aliphatic rings. The molecule has 120 valence electrons. The van der Waals surface area contributed by atoms with Crippen molar-refractivity contribution in [3.05, 3.63) is 54.7 Å². The first-order chi connectivity index (χ1) is 11.1. The van der Waals surface area contributed by atoms with E-state index in [1.54, 1.807) is 18.2 Å². The lowest BCUT2D eigenvalue weighted by Crippen LogP contribution is -2.24. The number of hydrogen-bond acceptors (Lipinski definition) is 5. The second-order valence-corrected chi connectivity index (χ2v) is 5.12. The molecule has 2 aromatic rings. The van der Waals surface area contributed by atoms with Gasteiger partial charge in [-0.25, -0.2) is 0 Å². The minimum absolute atomic E-state index is 0.138. The molecule has 1 aromatic carbocycles. The molecule has 0 aliphatic carbocycles. The molecule has 0 bridgehead atoms. The van der Waals surface area contributed by atoms with Crippen LogP contribution in [0.3, 0.4) is 0 Å². The van der Waals surface area contributed by atoms with Crippen LogP contribution >= 0.6 is 0 Å². The van der Waals surface area contributed by atoms with E-state index >= 15 is 0 Å². The third-order valence-corrected chi connectivity index (χ3v) is 2.80. The zero-order valence-electron chi connectivity index (χ0n) is 13.2. The molecule has 1 heterocycles. The highest BCUT2D eigenvalue weighted by molar-refractivity contribution is 5.92. The maximum Gasteiger partial charge on any atom is 0.272 e. The second kappa shape index (κ2) is 7.93. The number of benzene rings is 1. The predicted molar refractivity (Wildman–Crippen MR) is 90.1 cm³/mol. The molecule has 6 nitrogen and oxygen atoms in total. The summed E-state index contributed by atoms with van der Waals surface area (Å²) >= 11 is 0. The molecule has 1 amide bonds. The summed E-state index contributed by atoms with van der Waals surface area (Å²) in [6.45, 7) is 7.89. The highest BCUT2D eigenvalue weighted by atomic mass is 16.5. The number of carbonyl (C=O) groups excluding carboxylic acids is 1. The minimum atomic E-state index is -0.279. The lowest BCUT2D eigenvalue weighted by Gasteiger charge is -2.10. The molecule has 0 spiro atoms. The molecule has 2 N–H and O–H groups in total. The maximum atomic E-state index is 11.7. The fourth-order valence-corrected chi connectivity index (χ4v) is 1.81. The van der Waals surface area contributed by atoms with Crippen LogP contribution in [0.1, 0.15) is 24.3 Å². The lowest BCUT2D eigenvalue weighted by molar-refractivity contribution is 0.0952. The van der Waals surface area contributed by atoms with Crippen LogP contribution in [-0.4, -0.2) is 28.8 Å². The first-order valence-corrected chi connectivity index (χ1v) is 7.35. The van der Waals surface area contributed by atoms with E-state index in [2.05, 4.69) is 27.4 Å². The van der Waals surface area contributed by atoms with Gasteiger partial charge in [-0.05, 0) is 50.2 Å². The van der Waals surface area contributed by atoms with Crippen molar-refractivity contribution in [2.75, 3.05) is 11.9 Å². The first kappa shape index (κ1) is 16.5. The highest BCUT2D eigenvalue weighted by Gasteiger charge is 2.07. The summed E-state index contributed by atoms with van der Waals surface area (Å²) in [7, 11) is 0. The third-order valence-electron chi connectivity index (χ3n) is 2.80. The largest absolute Gasteiger partial charge is 0.491 e. The Hall–Kier alpha value is -2.89. The van der Waals surface area contributed by atoms with Crippen molar-refractivity contribution in [2.24, 2.45) is 0 Å². The average Bonchev–Trinajstić information content (AvgIpc) is 2.54. The summed E-state index contributed by atoms with van der Waals surface area (Å²) in [5, 5.41) is 13.7. The normalized spacial score (nSPS) is 10.2. The zero-order chi connectivity index (χ0) is 16.7. The van der Waals surface area contributed by atoms with E-state index < -0.39 is 0 Å². The predicted octanol–water partition coefficient (Wildman–Crippen LogP) is 2.92. The summed E-state index contributed by atoms with van der Waals surface area (Å²) in [4.78, 5) is 11.7. The Kier molecular flexibility index (Phi) is 5.68. The Bertz CT molecular complexity index is 651. The SMILES string of the molecule is C=CCNC(=O)c1ccc(Nc2ccc(OC(C)C)cc2)nn1. The second-order valence-electron chi connectivity index (χ2n) is 5.12. The van der Waals surface area contributed by atoms with E-state index in [4.69, 9.17) is 4.74 Å². The van der Waals surface area contributed by atoms with Crippen LogP contribution in [0, 0.1) is 0 Å². The molecule has 0 atom stereocenters. The van der Waals surface area contributed by atoms with Gasteiger partial charge in [0.2, 0.25) is 0 Å². The van der Waals surface area contributed by atoms with Crippen LogP contribution in [0.2, 0.25) is 0 Å². The molecular formula is C17H20N4O2. The van der Waals surface area contributed by atoms with Gasteiger partial charge in [0, 0.05) is 12.2 Å². The molecule has 6 heteroatoms. The zero-order valence-corrected chi connectivity index (χ0v) is 13.2. The van der Waals surface area contributed by atoms with Crippen LogP contribution in [0.15, 0.2) is 49.1 Å². The number of aromatic nitrogens is 2. The van der Waals surface area contributed by atoms with Crippen LogP contribution in [0.25, 0.3) is 0 Å². The summed E-state index contributed by atoms with van der Waals surface area (Å²) in [5.74, 6) is 1.09. The van der Waals surface area contributed by atoms with Crippen molar-refractivity contribution < 1.29 is 9.53 Å². The molecule has 0 fully saturated rings. The Morgan fingerprint density at radius 3 is 2.52 bits per heavy atom. The van der Waals surface area contributed by atoms with E-state index in [-0.39, 0.29) is 17.7 Å². The van der Waals surface area contributed by atoms with Gasteiger partial charge < -0.3 is 15.4 Å². The maximum absolute atomic E-state index is 11.7. The lowest BCUT2D eigenvalue weighted by atomic mass is 10.3. The number of amides is 1. The van der Waals surface area contributed by atoms with Crippen molar-refractivity contribution in [3.63, 3.8) is 0 Å². The fraction of sp³-hybridized carbons (Fsp3) is 0.235. The molecule has 0 radical (unpaired) electrons. The summed E-state index contributed by atoms with van der Waals surface area (Å²) in [5.41, 5.74) is 1.12. The van der Waals surface area contributed by atoms with E-state index in [1.807, 2.05) is 38.1 Å². The van der Waals surface area contributed by atoms with Crippen LogP contribution in [-0.2, 0) is 0 Å². The van der Waals surface area contributed by atoms with Gasteiger partial charge in [0.1, 0.15) is 5.75 Å². The number of hydrogen-bond donors (Lipinski definition) is 2. The molecule has 0 saturated heterocycles. The Morgan fingerprint density at radius 1 is 1.22 bits per heavy atom. The van der Waals surface area contributed by atoms with E-state index in [0.29, 0.717) is 12.4 Å². The third kappa shape index (κ3) is 5.10. The highest BCUT2D eigenvalue weighted by Crippen LogP contribution is 2.19. The smallest absolute Gasteiger partial charge is 0.272 e. The number of carbonyl (C=O) groups is 1. The van der Waals surface area contributed by atoms with Gasteiger partial charge in [0.05, 0.1) is 6.10 Å². The van der Waals surface area contributed by atoms with Gasteiger partial charge >= 0.3 is 0 Å². The monoisotopic (exact) mass is 312 g/mol. The quantitative estimate of drug-likeness (QED) is 0.769. The number of nitrogens with one attached hydrogen (secondary N) is 2. The summed E-state index contributed by atoms with van der Waals surface area (Å²) in [6.07, 6.45) is 1.74. The number of rotatable bonds is 7. The number of anilines is 2. The Morgan fingerprint density at radius 2 is 1.96 bits per heavy atom. The molecule has 0 aliphatic heterocycles. The minimum Gasteiger partial charge on any atom is -0.491 e. The van der Waals surface area contributed by atoms with Gasteiger partial charge in [0.15, 0.2) is 11.5 Å². The van der Waals surface area contributed by atoms with Crippen molar-refractivity contribution in [1.82, 2.24) is 15.5 Å². The van der Waals surface area contributed by atoms with Crippen molar-refractivity contribution >= 4 is 17.4 Å². The Balaban J connectivity index is 1.97. The molecule has 1 aromatic heterocycles. The van der Waals surface area contributed by atoms with Crippen LogP contribution < -0.4 is 15.4 Å². The van der Waals surface area contributed by atoms with Gasteiger partial charge in [-0.1, -0.05) is 6.08 Å². The molecule has 0 unspecified atom stereocenters.